The van der Waals surface area contributed by atoms with Crippen LogP contribution in [0.1, 0.15) is 6.92 Å². The molecule has 0 bridgehead atoms. The summed E-state index contributed by atoms with van der Waals surface area (Å²) in [5.41, 5.74) is 0. The molecular weight excluding hydrogens is 278 g/mol. The van der Waals surface area contributed by atoms with Crippen molar-refractivity contribution in [1.82, 2.24) is 0 Å². The molecule has 0 saturated carbocycles. The van der Waals surface area contributed by atoms with Gasteiger partial charge in [-0.1, -0.05) is 0 Å². The van der Waals surface area contributed by atoms with Gasteiger partial charge in [0.25, 0.3) is 0 Å². The molecule has 0 spiro atoms. The van der Waals surface area contributed by atoms with Crippen LogP contribution < -0.4 is 0 Å². The van der Waals surface area contributed by atoms with Gasteiger partial charge in [-0.15, -0.1) is 0 Å². The van der Waals surface area contributed by atoms with E-state index in [0.29, 0.717) is 6.61 Å². The van der Waals surface area contributed by atoms with E-state index in [9.17, 15) is 0 Å². The van der Waals surface area contributed by atoms with Gasteiger partial charge in [-0.05, 0) is 0 Å². The first kappa shape index (κ1) is 26.2. The Morgan fingerprint density at radius 2 is 0.760 bits per heavy atom. The summed E-state index contributed by atoms with van der Waals surface area (Å²) in [7, 11) is 6.89. The average Bonchev–Trinajstić information content (AvgIpc) is 2.63. The predicted octanol–water partition coefficient (Wildman–Crippen LogP) is -7.89. The SMILES string of the molecule is [B]=BB=BB=BB=BB=BB=BB=BB=BB=BB=BB=BOCC. The molecule has 0 aliphatic heterocycles. The summed E-state index contributed by atoms with van der Waals surface area (Å²) in [6.45, 7) is 41.0. The molecular formula is C2H5B22O. The minimum atomic E-state index is 0.694. The first-order valence-corrected chi connectivity index (χ1v) is 8.23. The van der Waals surface area contributed by atoms with Crippen LogP contribution in [0.2, 0.25) is 0 Å². The number of rotatable bonds is 12. The molecule has 0 rings (SSSR count). The molecule has 0 heterocycles. The van der Waals surface area contributed by atoms with E-state index in [2.05, 4.69) is 0 Å². The van der Waals surface area contributed by atoms with Crippen molar-refractivity contribution in [3.8, 4) is 0 Å². The Labute approximate surface area is 166 Å². The molecule has 25 heavy (non-hydrogen) atoms. The standard InChI is InChI=1S/C2H5B22O/c1-2-25-24-23-22-21-20-19-18-17-16-15-14-13-12-11-10-9-8-7-6-5-4-3/h2H2,1H3. The number of hydrogen-bond acceptors (Lipinski definition) is 1. The molecule has 0 N–H and O–H groups in total. The molecule has 1 nitrogen and oxygen atoms in total. The summed E-state index contributed by atoms with van der Waals surface area (Å²) >= 11 is 0. The zero-order chi connectivity index (χ0) is 18.3. The Kier molecular flexibility index (Phi) is 26.5. The van der Waals surface area contributed by atoms with Gasteiger partial charge in [0.1, 0.15) is 0 Å². The van der Waals surface area contributed by atoms with Crippen molar-refractivity contribution in [3.63, 3.8) is 0 Å². The molecule has 0 atom stereocenters. The maximum atomic E-state index is 5.21. The first-order chi connectivity index (χ1) is 12.4. The number of hydrogen-bond donors (Lipinski definition) is 0. The van der Waals surface area contributed by atoms with Crippen molar-refractivity contribution < 1.29 is 4.65 Å². The van der Waals surface area contributed by atoms with E-state index in [1.807, 2.05) is 127 Å². The van der Waals surface area contributed by atoms with Crippen molar-refractivity contribution in [2.24, 2.45) is 0 Å². The molecule has 23 heteroatoms. The van der Waals surface area contributed by atoms with E-state index in [1.54, 1.807) is 13.7 Å². The molecule has 0 aromatic heterocycles. The third kappa shape index (κ3) is 25.2. The van der Waals surface area contributed by atoms with E-state index in [4.69, 9.17) is 12.0 Å². The van der Waals surface area contributed by atoms with Crippen LogP contribution in [0.4, 0.5) is 0 Å². The maximum absolute atomic E-state index is 5.21. The van der Waals surface area contributed by atoms with Crippen molar-refractivity contribution in [1.29, 1.82) is 0 Å². The molecule has 85 valence electrons. The summed E-state index contributed by atoms with van der Waals surface area (Å²) in [5.74, 6) is 0. The summed E-state index contributed by atoms with van der Waals surface area (Å²) in [4.78, 5) is 0. The van der Waals surface area contributed by atoms with Crippen LogP contribution in [0.3, 0.4) is 0 Å². The second-order valence-corrected chi connectivity index (χ2v) is 4.44. The van der Waals surface area contributed by atoms with E-state index in [-0.39, 0.29) is 0 Å². The van der Waals surface area contributed by atoms with Gasteiger partial charge in [0.15, 0.2) is 0 Å². The van der Waals surface area contributed by atoms with E-state index < -0.39 is 0 Å². The van der Waals surface area contributed by atoms with Crippen LogP contribution in [0.5, 0.6) is 0 Å². The summed E-state index contributed by atoms with van der Waals surface area (Å²) in [6, 6.07) is 0. The molecule has 0 fully saturated rings. The van der Waals surface area contributed by atoms with Gasteiger partial charge in [0.2, 0.25) is 0 Å². The van der Waals surface area contributed by atoms with Crippen LogP contribution in [0, 0.1) is 0 Å². The second-order valence-electron chi connectivity index (χ2n) is 4.44. The molecule has 0 aliphatic carbocycles. The van der Waals surface area contributed by atoms with E-state index in [1.165, 1.54) is 6.69 Å². The van der Waals surface area contributed by atoms with Crippen LogP contribution in [-0.4, -0.2) is 155 Å². The van der Waals surface area contributed by atoms with Crippen LogP contribution in [0.25, 0.3) is 0 Å². The zero-order valence-corrected chi connectivity index (χ0v) is 14.8. The fourth-order valence-electron chi connectivity index (χ4n) is 1.35. The normalized spacial score (nSPS) is 7.52. The molecule has 0 aromatic carbocycles. The average molecular weight is 283 g/mol. The van der Waals surface area contributed by atoms with Crippen molar-refractivity contribution in [2.45, 2.75) is 6.92 Å². The van der Waals surface area contributed by atoms with Gasteiger partial charge < -0.3 is 0 Å². The summed E-state index contributed by atoms with van der Waals surface area (Å²) in [6.07, 6.45) is 0. The van der Waals surface area contributed by atoms with Gasteiger partial charge in [-0.2, -0.15) is 0 Å². The quantitative estimate of drug-likeness (QED) is 0.323. The molecule has 0 aliphatic rings. The topological polar surface area (TPSA) is 9.23 Å². The van der Waals surface area contributed by atoms with Crippen LogP contribution >= 0.6 is 0 Å². The molecule has 1 radical (unpaired) electrons. The monoisotopic (exact) mass is 287 g/mol. The van der Waals surface area contributed by atoms with Crippen LogP contribution in [-0.2, 0) is 4.65 Å². The summed E-state index contributed by atoms with van der Waals surface area (Å²) < 4.78 is 5.07. The van der Waals surface area contributed by atoms with E-state index >= 15 is 0 Å². The molecule has 0 aromatic rings. The fraction of sp³-hybridized carbons (Fsp3) is 1.00. The molecule has 0 amide bonds. The Hall–Kier alpha value is 1.23. The van der Waals surface area contributed by atoms with Crippen molar-refractivity contribution >= 4 is 148 Å². The van der Waals surface area contributed by atoms with Gasteiger partial charge >= 0.3 is 166 Å². The van der Waals surface area contributed by atoms with Crippen LogP contribution in [0.15, 0.2) is 0 Å². The van der Waals surface area contributed by atoms with E-state index in [0.717, 1.165) is 0 Å². The van der Waals surface area contributed by atoms with Gasteiger partial charge in [-0.3, -0.25) is 0 Å². The summed E-state index contributed by atoms with van der Waals surface area (Å²) in [5, 5.41) is 0. The van der Waals surface area contributed by atoms with Gasteiger partial charge in [0, 0.05) is 0 Å². The Morgan fingerprint density at radius 3 is 1.04 bits per heavy atom. The Morgan fingerprint density at radius 1 is 0.480 bits per heavy atom. The molecule has 0 saturated heterocycles. The van der Waals surface area contributed by atoms with Gasteiger partial charge in [0.05, 0.1) is 0 Å². The van der Waals surface area contributed by atoms with Crippen molar-refractivity contribution in [3.05, 3.63) is 0 Å². The third-order valence-corrected chi connectivity index (χ3v) is 2.45. The Bertz CT molecular complexity index is 610. The molecule has 0 unspecified atom stereocenters. The van der Waals surface area contributed by atoms with Gasteiger partial charge in [-0.25, -0.2) is 0 Å². The minimum absolute atomic E-state index is 0.694. The first-order valence-electron chi connectivity index (χ1n) is 8.23. The zero-order valence-electron chi connectivity index (χ0n) is 14.8. The third-order valence-electron chi connectivity index (χ3n) is 2.45. The Balaban J connectivity index is 3.88. The second kappa shape index (κ2) is 25.2. The predicted molar refractivity (Wildman–Crippen MR) is 138 cm³/mol. The fourth-order valence-corrected chi connectivity index (χ4v) is 1.35. The van der Waals surface area contributed by atoms with Crippen molar-refractivity contribution in [2.75, 3.05) is 6.61 Å².